The number of hydrogen-bond acceptors (Lipinski definition) is 3. The van der Waals surface area contributed by atoms with Gasteiger partial charge < -0.3 is 9.84 Å². The normalized spacial score (nSPS) is 20.2. The van der Waals surface area contributed by atoms with Crippen LogP contribution in [0.3, 0.4) is 0 Å². The van der Waals surface area contributed by atoms with E-state index in [0.717, 1.165) is 30.5 Å². The minimum Gasteiger partial charge on any atom is -0.361 e. The van der Waals surface area contributed by atoms with Crippen molar-refractivity contribution in [2.24, 2.45) is 5.92 Å². The third-order valence-corrected chi connectivity index (χ3v) is 3.29. The molecular formula is C13H20N2O. The molecule has 0 aromatic carbocycles. The van der Waals surface area contributed by atoms with Crippen LogP contribution in [0.1, 0.15) is 36.3 Å². The molecule has 0 radical (unpaired) electrons. The van der Waals surface area contributed by atoms with E-state index in [1.807, 2.05) is 13.8 Å². The summed E-state index contributed by atoms with van der Waals surface area (Å²) in [6, 6.07) is 0. The van der Waals surface area contributed by atoms with Gasteiger partial charge in [0.05, 0.1) is 5.69 Å². The van der Waals surface area contributed by atoms with Gasteiger partial charge >= 0.3 is 0 Å². The Morgan fingerprint density at radius 2 is 2.31 bits per heavy atom. The van der Waals surface area contributed by atoms with Crippen molar-refractivity contribution in [2.45, 2.75) is 39.7 Å². The van der Waals surface area contributed by atoms with Gasteiger partial charge in [-0.15, -0.1) is 0 Å². The summed E-state index contributed by atoms with van der Waals surface area (Å²) < 4.78 is 5.14. The molecule has 0 amide bonds. The third kappa shape index (κ3) is 2.73. The maximum atomic E-state index is 5.14. The number of rotatable bonds is 4. The number of aromatic nitrogens is 1. The molecule has 0 spiro atoms. The Labute approximate surface area is 96.9 Å². The molecule has 16 heavy (non-hydrogen) atoms. The van der Waals surface area contributed by atoms with Crippen molar-refractivity contribution in [1.29, 1.82) is 0 Å². The summed E-state index contributed by atoms with van der Waals surface area (Å²) in [5.74, 6) is 1.74. The van der Waals surface area contributed by atoms with Crippen molar-refractivity contribution < 1.29 is 4.52 Å². The average molecular weight is 220 g/mol. The first-order valence-electron chi connectivity index (χ1n) is 6.05. The lowest BCUT2D eigenvalue weighted by molar-refractivity contribution is 0.391. The van der Waals surface area contributed by atoms with Crippen LogP contribution in [0.4, 0.5) is 0 Å². The molecule has 1 N–H and O–H groups in total. The summed E-state index contributed by atoms with van der Waals surface area (Å²) in [4.78, 5) is 0. The van der Waals surface area contributed by atoms with Crippen LogP contribution in [0.5, 0.6) is 0 Å². The van der Waals surface area contributed by atoms with E-state index in [1.54, 1.807) is 0 Å². The topological polar surface area (TPSA) is 38.1 Å². The molecule has 1 aliphatic carbocycles. The molecule has 3 heteroatoms. The predicted molar refractivity (Wildman–Crippen MR) is 64.2 cm³/mol. The number of nitrogens with zero attached hydrogens (tertiary/aromatic N) is 1. The molecule has 0 bridgehead atoms. The van der Waals surface area contributed by atoms with E-state index in [0.29, 0.717) is 0 Å². The van der Waals surface area contributed by atoms with Gasteiger partial charge in [0.25, 0.3) is 0 Å². The SMILES string of the molecule is Cc1noc(C)c1CNCC1CC=CCC1. The lowest BCUT2D eigenvalue weighted by Crippen LogP contribution is -2.23. The fraction of sp³-hybridized carbons (Fsp3) is 0.615. The minimum atomic E-state index is 0.797. The van der Waals surface area contributed by atoms with Crippen molar-refractivity contribution >= 4 is 0 Å². The molecule has 1 aromatic heterocycles. The largest absolute Gasteiger partial charge is 0.361 e. The lowest BCUT2D eigenvalue weighted by Gasteiger charge is -2.18. The van der Waals surface area contributed by atoms with Gasteiger partial charge in [-0.3, -0.25) is 0 Å². The van der Waals surface area contributed by atoms with Gasteiger partial charge in [0.1, 0.15) is 5.76 Å². The molecule has 1 aromatic rings. The third-order valence-electron chi connectivity index (χ3n) is 3.29. The summed E-state index contributed by atoms with van der Waals surface area (Å²) >= 11 is 0. The van der Waals surface area contributed by atoms with Crippen LogP contribution in [0.2, 0.25) is 0 Å². The number of hydrogen-bond donors (Lipinski definition) is 1. The van der Waals surface area contributed by atoms with E-state index in [-0.39, 0.29) is 0 Å². The van der Waals surface area contributed by atoms with Gasteiger partial charge in [-0.2, -0.15) is 0 Å². The van der Waals surface area contributed by atoms with E-state index in [4.69, 9.17) is 4.52 Å². The predicted octanol–water partition coefficient (Wildman–Crippen LogP) is 2.74. The van der Waals surface area contributed by atoms with Gasteiger partial charge in [-0.05, 0) is 45.6 Å². The number of aryl methyl sites for hydroxylation is 2. The number of allylic oxidation sites excluding steroid dienone is 2. The first-order chi connectivity index (χ1) is 7.77. The average Bonchev–Trinajstić information content (AvgIpc) is 2.62. The highest BCUT2D eigenvalue weighted by Gasteiger charge is 2.11. The molecule has 1 atom stereocenters. The van der Waals surface area contributed by atoms with Crippen molar-refractivity contribution in [3.05, 3.63) is 29.2 Å². The van der Waals surface area contributed by atoms with Crippen LogP contribution in [-0.4, -0.2) is 11.7 Å². The molecule has 3 nitrogen and oxygen atoms in total. The van der Waals surface area contributed by atoms with Crippen LogP contribution in [0.15, 0.2) is 16.7 Å². The number of nitrogens with one attached hydrogen (secondary N) is 1. The molecule has 88 valence electrons. The highest BCUT2D eigenvalue weighted by atomic mass is 16.5. The molecule has 0 fully saturated rings. The zero-order valence-electron chi connectivity index (χ0n) is 10.1. The fourth-order valence-electron chi connectivity index (χ4n) is 2.20. The van der Waals surface area contributed by atoms with Gasteiger partial charge in [-0.25, -0.2) is 0 Å². The Morgan fingerprint density at radius 1 is 1.44 bits per heavy atom. The molecule has 1 heterocycles. The van der Waals surface area contributed by atoms with Gasteiger partial charge in [0.2, 0.25) is 0 Å². The highest BCUT2D eigenvalue weighted by molar-refractivity contribution is 5.20. The summed E-state index contributed by atoms with van der Waals surface area (Å²) in [6.45, 7) is 5.94. The smallest absolute Gasteiger partial charge is 0.138 e. The fourth-order valence-corrected chi connectivity index (χ4v) is 2.20. The Kier molecular flexibility index (Phi) is 3.78. The molecular weight excluding hydrogens is 200 g/mol. The second-order valence-electron chi connectivity index (χ2n) is 4.58. The zero-order valence-corrected chi connectivity index (χ0v) is 10.1. The van der Waals surface area contributed by atoms with Crippen molar-refractivity contribution in [3.8, 4) is 0 Å². The maximum Gasteiger partial charge on any atom is 0.138 e. The summed E-state index contributed by atoms with van der Waals surface area (Å²) in [5.41, 5.74) is 2.22. The van der Waals surface area contributed by atoms with Crippen LogP contribution in [0.25, 0.3) is 0 Å². The Morgan fingerprint density at radius 3 is 2.94 bits per heavy atom. The first kappa shape index (κ1) is 11.4. The standard InChI is InChI=1S/C13H20N2O/c1-10-13(11(2)16-15-10)9-14-8-12-6-4-3-5-7-12/h3-4,12,14H,5-9H2,1-2H3. The van der Waals surface area contributed by atoms with Gasteiger partial charge in [0.15, 0.2) is 0 Å². The summed E-state index contributed by atoms with van der Waals surface area (Å²) in [6.07, 6.45) is 8.34. The second-order valence-corrected chi connectivity index (χ2v) is 4.58. The molecule has 0 aliphatic heterocycles. The Hall–Kier alpha value is -1.09. The van der Waals surface area contributed by atoms with Crippen LogP contribution >= 0.6 is 0 Å². The zero-order chi connectivity index (χ0) is 11.4. The molecule has 1 aliphatic rings. The monoisotopic (exact) mass is 220 g/mol. The second kappa shape index (κ2) is 5.30. The first-order valence-corrected chi connectivity index (χ1v) is 6.05. The van der Waals surface area contributed by atoms with Gasteiger partial charge in [0, 0.05) is 12.1 Å². The quantitative estimate of drug-likeness (QED) is 0.793. The minimum absolute atomic E-state index is 0.797. The van der Waals surface area contributed by atoms with E-state index in [2.05, 4.69) is 22.6 Å². The summed E-state index contributed by atoms with van der Waals surface area (Å²) in [5, 5.41) is 7.46. The molecule has 0 saturated carbocycles. The Bertz CT molecular complexity index is 349. The van der Waals surface area contributed by atoms with Crippen molar-refractivity contribution in [1.82, 2.24) is 10.5 Å². The maximum absolute atomic E-state index is 5.14. The summed E-state index contributed by atoms with van der Waals surface area (Å²) in [7, 11) is 0. The molecule has 1 unspecified atom stereocenters. The van der Waals surface area contributed by atoms with E-state index < -0.39 is 0 Å². The van der Waals surface area contributed by atoms with Crippen LogP contribution < -0.4 is 5.32 Å². The molecule has 2 rings (SSSR count). The van der Waals surface area contributed by atoms with E-state index in [9.17, 15) is 0 Å². The van der Waals surface area contributed by atoms with Crippen molar-refractivity contribution in [2.75, 3.05) is 6.54 Å². The van der Waals surface area contributed by atoms with E-state index in [1.165, 1.54) is 24.8 Å². The van der Waals surface area contributed by atoms with Crippen molar-refractivity contribution in [3.63, 3.8) is 0 Å². The lowest BCUT2D eigenvalue weighted by atomic mass is 9.94. The van der Waals surface area contributed by atoms with Crippen LogP contribution in [0, 0.1) is 19.8 Å². The van der Waals surface area contributed by atoms with Gasteiger partial charge in [-0.1, -0.05) is 17.3 Å². The molecule has 0 saturated heterocycles. The highest BCUT2D eigenvalue weighted by Crippen LogP contribution is 2.17. The Balaban J connectivity index is 1.77. The van der Waals surface area contributed by atoms with Crippen LogP contribution in [-0.2, 0) is 6.54 Å². The van der Waals surface area contributed by atoms with E-state index >= 15 is 0 Å².